The van der Waals surface area contributed by atoms with Crippen LogP contribution in [0.2, 0.25) is 0 Å². The zero-order valence-electron chi connectivity index (χ0n) is 15.3. The summed E-state index contributed by atoms with van der Waals surface area (Å²) in [5.41, 5.74) is 2.29. The number of aliphatic imine (C=N–C) groups is 1. The molecule has 0 unspecified atom stereocenters. The molecule has 0 aliphatic carbocycles. The Hall–Kier alpha value is -2.15. The van der Waals surface area contributed by atoms with E-state index in [2.05, 4.69) is 41.8 Å². The van der Waals surface area contributed by atoms with Crippen molar-refractivity contribution in [3.05, 3.63) is 46.2 Å². The Balaban J connectivity index is 2.01. The van der Waals surface area contributed by atoms with Crippen molar-refractivity contribution >= 4 is 21.9 Å². The van der Waals surface area contributed by atoms with Crippen molar-refractivity contribution in [2.45, 2.75) is 13.1 Å². The van der Waals surface area contributed by atoms with Crippen LogP contribution in [-0.4, -0.2) is 43.7 Å². The third-order valence-electron chi connectivity index (χ3n) is 3.95. The third-order valence-corrected chi connectivity index (χ3v) is 4.38. The number of hydrogen-bond donors (Lipinski definition) is 1. The minimum Gasteiger partial charge on any atom is -0.493 e. The molecule has 0 radical (unpaired) electrons. The lowest BCUT2D eigenvalue weighted by Gasteiger charge is -2.22. The van der Waals surface area contributed by atoms with Gasteiger partial charge in [0.2, 0.25) is 0 Å². The van der Waals surface area contributed by atoms with E-state index in [0.29, 0.717) is 6.54 Å². The molecule has 6 nitrogen and oxygen atoms in total. The SMILES string of the molecule is CN=C(NCc1ccc(OC)c(OC)c1)N(C)Cc1cc(Br)cn1C. The van der Waals surface area contributed by atoms with Gasteiger partial charge in [0, 0.05) is 44.1 Å². The number of halogens is 1. The second-order valence-electron chi connectivity index (χ2n) is 5.71. The lowest BCUT2D eigenvalue weighted by molar-refractivity contribution is 0.354. The van der Waals surface area contributed by atoms with Gasteiger partial charge in [-0.2, -0.15) is 0 Å². The molecule has 0 atom stereocenters. The van der Waals surface area contributed by atoms with Crippen molar-refractivity contribution in [2.24, 2.45) is 12.0 Å². The summed E-state index contributed by atoms with van der Waals surface area (Å²) in [7, 11) is 9.11. The fourth-order valence-corrected chi connectivity index (χ4v) is 3.17. The van der Waals surface area contributed by atoms with Crippen LogP contribution in [0, 0.1) is 0 Å². The Kier molecular flexibility index (Phi) is 6.75. The van der Waals surface area contributed by atoms with Gasteiger partial charge < -0.3 is 24.3 Å². The molecule has 1 aromatic heterocycles. The Morgan fingerprint density at radius 3 is 2.52 bits per heavy atom. The number of guanidine groups is 1. The number of nitrogens with one attached hydrogen (secondary N) is 1. The Labute approximate surface area is 157 Å². The van der Waals surface area contributed by atoms with Crippen LogP contribution in [0.5, 0.6) is 11.5 Å². The zero-order valence-corrected chi connectivity index (χ0v) is 16.9. The summed E-state index contributed by atoms with van der Waals surface area (Å²) in [5.74, 6) is 2.27. The molecule has 25 heavy (non-hydrogen) atoms. The number of aryl methyl sites for hydroxylation is 1. The molecule has 0 amide bonds. The molecule has 0 saturated heterocycles. The molecule has 1 aromatic carbocycles. The highest BCUT2D eigenvalue weighted by Crippen LogP contribution is 2.27. The Morgan fingerprint density at radius 1 is 1.24 bits per heavy atom. The molecular weight excluding hydrogens is 384 g/mol. The number of nitrogens with zero attached hydrogens (tertiary/aromatic N) is 3. The number of benzene rings is 1. The van der Waals surface area contributed by atoms with Gasteiger partial charge in [0.05, 0.1) is 20.8 Å². The fourth-order valence-electron chi connectivity index (χ4n) is 2.60. The van der Waals surface area contributed by atoms with Gasteiger partial charge in [0.15, 0.2) is 17.5 Å². The number of hydrogen-bond acceptors (Lipinski definition) is 3. The van der Waals surface area contributed by atoms with Crippen LogP contribution in [0.4, 0.5) is 0 Å². The van der Waals surface area contributed by atoms with Crippen LogP contribution in [0.3, 0.4) is 0 Å². The molecule has 0 bridgehead atoms. The van der Waals surface area contributed by atoms with E-state index in [9.17, 15) is 0 Å². The van der Waals surface area contributed by atoms with Crippen molar-refractivity contribution in [2.75, 3.05) is 28.3 Å². The van der Waals surface area contributed by atoms with Gasteiger partial charge >= 0.3 is 0 Å². The molecule has 2 aromatic rings. The van der Waals surface area contributed by atoms with E-state index in [1.54, 1.807) is 21.3 Å². The van der Waals surface area contributed by atoms with E-state index in [0.717, 1.165) is 34.0 Å². The average Bonchev–Trinajstić information content (AvgIpc) is 2.92. The van der Waals surface area contributed by atoms with Crippen LogP contribution in [-0.2, 0) is 20.1 Å². The highest BCUT2D eigenvalue weighted by Gasteiger charge is 2.10. The van der Waals surface area contributed by atoms with Crippen molar-refractivity contribution in [3.63, 3.8) is 0 Å². The van der Waals surface area contributed by atoms with Gasteiger partial charge in [0.1, 0.15) is 0 Å². The molecule has 1 heterocycles. The molecule has 1 N–H and O–H groups in total. The largest absolute Gasteiger partial charge is 0.493 e. The van der Waals surface area contributed by atoms with Crippen LogP contribution in [0.25, 0.3) is 0 Å². The van der Waals surface area contributed by atoms with E-state index in [1.807, 2.05) is 38.5 Å². The Morgan fingerprint density at radius 2 is 1.96 bits per heavy atom. The third kappa shape index (κ3) is 4.92. The maximum absolute atomic E-state index is 5.35. The predicted octanol–water partition coefficient (Wildman–Crippen LogP) is 3.01. The van der Waals surface area contributed by atoms with Gasteiger partial charge in [-0.15, -0.1) is 0 Å². The van der Waals surface area contributed by atoms with Gasteiger partial charge in [-0.1, -0.05) is 6.07 Å². The first-order valence-corrected chi connectivity index (χ1v) is 8.71. The number of ether oxygens (including phenoxy) is 2. The lowest BCUT2D eigenvalue weighted by atomic mass is 10.2. The first-order valence-electron chi connectivity index (χ1n) is 7.92. The summed E-state index contributed by atoms with van der Waals surface area (Å²) < 4.78 is 13.8. The minimum atomic E-state index is 0.647. The average molecular weight is 409 g/mol. The molecule has 0 fully saturated rings. The molecular formula is C18H25BrN4O2. The quantitative estimate of drug-likeness (QED) is 0.589. The van der Waals surface area contributed by atoms with Gasteiger partial charge in [0.25, 0.3) is 0 Å². The summed E-state index contributed by atoms with van der Waals surface area (Å²) >= 11 is 3.51. The van der Waals surface area contributed by atoms with Gasteiger partial charge in [-0.3, -0.25) is 4.99 Å². The second kappa shape index (κ2) is 8.80. The van der Waals surface area contributed by atoms with Crippen molar-refractivity contribution in [1.82, 2.24) is 14.8 Å². The number of aromatic nitrogens is 1. The highest BCUT2D eigenvalue weighted by atomic mass is 79.9. The standard InChI is InChI=1S/C18H25BrN4O2/c1-20-18(23(3)12-15-9-14(19)11-22(15)2)21-10-13-6-7-16(24-4)17(8-13)25-5/h6-9,11H,10,12H2,1-5H3,(H,20,21). The number of rotatable bonds is 6. The topological polar surface area (TPSA) is 51.0 Å². The summed E-state index contributed by atoms with van der Waals surface area (Å²) in [5, 5.41) is 3.38. The maximum atomic E-state index is 5.35. The maximum Gasteiger partial charge on any atom is 0.194 e. The molecule has 0 aliphatic heterocycles. The first kappa shape index (κ1) is 19.2. The lowest BCUT2D eigenvalue weighted by Crippen LogP contribution is -2.38. The van der Waals surface area contributed by atoms with E-state index in [-0.39, 0.29) is 0 Å². The van der Waals surface area contributed by atoms with Crippen LogP contribution < -0.4 is 14.8 Å². The summed E-state index contributed by atoms with van der Waals surface area (Å²) in [6.07, 6.45) is 2.04. The van der Waals surface area contributed by atoms with E-state index >= 15 is 0 Å². The van der Waals surface area contributed by atoms with E-state index in [4.69, 9.17) is 9.47 Å². The molecule has 0 spiro atoms. The highest BCUT2D eigenvalue weighted by molar-refractivity contribution is 9.10. The molecule has 136 valence electrons. The van der Waals surface area contributed by atoms with E-state index in [1.165, 1.54) is 5.69 Å². The van der Waals surface area contributed by atoms with Crippen LogP contribution in [0.15, 0.2) is 39.9 Å². The fraction of sp³-hybridized carbons (Fsp3) is 0.389. The minimum absolute atomic E-state index is 0.647. The summed E-state index contributed by atoms with van der Waals surface area (Å²) in [6, 6.07) is 7.99. The molecule has 2 rings (SSSR count). The first-order chi connectivity index (χ1) is 12.0. The molecule has 0 saturated carbocycles. The molecule has 7 heteroatoms. The van der Waals surface area contributed by atoms with Crippen LogP contribution in [0.1, 0.15) is 11.3 Å². The van der Waals surface area contributed by atoms with Crippen molar-refractivity contribution < 1.29 is 9.47 Å². The monoisotopic (exact) mass is 408 g/mol. The van der Waals surface area contributed by atoms with Gasteiger partial charge in [-0.05, 0) is 39.7 Å². The van der Waals surface area contributed by atoms with E-state index < -0.39 is 0 Å². The van der Waals surface area contributed by atoms with Crippen molar-refractivity contribution in [1.29, 1.82) is 0 Å². The van der Waals surface area contributed by atoms with Gasteiger partial charge in [-0.25, -0.2) is 0 Å². The smallest absolute Gasteiger partial charge is 0.194 e. The summed E-state index contributed by atoms with van der Waals surface area (Å²) in [4.78, 5) is 6.45. The predicted molar refractivity (Wildman–Crippen MR) is 104 cm³/mol. The zero-order chi connectivity index (χ0) is 18.4. The molecule has 0 aliphatic rings. The number of methoxy groups -OCH3 is 2. The van der Waals surface area contributed by atoms with Crippen LogP contribution >= 0.6 is 15.9 Å². The summed E-state index contributed by atoms with van der Waals surface area (Å²) in [6.45, 7) is 1.40. The normalized spacial score (nSPS) is 11.4. The second-order valence-corrected chi connectivity index (χ2v) is 6.62. The Bertz CT molecular complexity index is 743. The van der Waals surface area contributed by atoms with Crippen molar-refractivity contribution in [3.8, 4) is 11.5 Å².